The Hall–Kier alpha value is -1.47. The maximum absolute atomic E-state index is 12.5. The average Bonchev–Trinajstić information content (AvgIpc) is 3.23. The number of amides is 1. The van der Waals surface area contributed by atoms with E-state index >= 15 is 0 Å². The van der Waals surface area contributed by atoms with Crippen LogP contribution in [0.15, 0.2) is 36.5 Å². The van der Waals surface area contributed by atoms with Crippen LogP contribution in [-0.4, -0.2) is 57.3 Å². The van der Waals surface area contributed by atoms with Crippen molar-refractivity contribution in [1.82, 2.24) is 5.32 Å². The van der Waals surface area contributed by atoms with E-state index in [9.17, 15) is 25.2 Å². The van der Waals surface area contributed by atoms with Gasteiger partial charge in [-0.3, -0.25) is 4.79 Å². The molecule has 5 N–H and O–H groups in total. The Bertz CT molecular complexity index is 919. The predicted octanol–water partition coefficient (Wildman–Crippen LogP) is 14.1. The minimum absolute atomic E-state index is 0.345. The Morgan fingerprint density at radius 1 is 0.431 bits per heavy atom. The molecule has 0 saturated carbocycles. The van der Waals surface area contributed by atoms with E-state index < -0.39 is 36.9 Å². The molecule has 58 heavy (non-hydrogen) atoms. The summed E-state index contributed by atoms with van der Waals surface area (Å²) in [5, 5.41) is 43.7. The highest BCUT2D eigenvalue weighted by atomic mass is 16.3. The minimum atomic E-state index is -1.29. The Kier molecular flexibility index (Phi) is 45.4. The summed E-state index contributed by atoms with van der Waals surface area (Å²) in [5.41, 5.74) is 0. The zero-order chi connectivity index (χ0) is 42.4. The number of aliphatic hydroxyl groups excluding tert-OH is 4. The first-order chi connectivity index (χ1) is 28.5. The molecule has 342 valence electrons. The van der Waals surface area contributed by atoms with Gasteiger partial charge in [-0.25, -0.2) is 0 Å². The van der Waals surface area contributed by atoms with Gasteiger partial charge in [0.2, 0.25) is 5.91 Å². The van der Waals surface area contributed by atoms with E-state index in [1.807, 2.05) is 0 Å². The summed E-state index contributed by atoms with van der Waals surface area (Å²) in [5.74, 6) is -0.605. The number of carbonyl (C=O) groups is 1. The first-order valence-electron chi connectivity index (χ1n) is 25.4. The van der Waals surface area contributed by atoms with Crippen molar-refractivity contribution in [2.45, 2.75) is 282 Å². The second-order valence-electron chi connectivity index (χ2n) is 17.5. The van der Waals surface area contributed by atoms with Crippen LogP contribution in [0.4, 0.5) is 0 Å². The van der Waals surface area contributed by atoms with Gasteiger partial charge in [0.25, 0.3) is 0 Å². The Morgan fingerprint density at radius 3 is 1.17 bits per heavy atom. The van der Waals surface area contributed by atoms with Crippen molar-refractivity contribution < 1.29 is 25.2 Å². The van der Waals surface area contributed by atoms with Gasteiger partial charge in [-0.05, 0) is 64.2 Å². The van der Waals surface area contributed by atoms with Crippen LogP contribution >= 0.6 is 0 Å². The standard InChI is InChI=1S/C52H99NO5/c1-3-5-7-9-11-13-15-17-19-20-21-22-23-24-25-26-27-28-29-30-31-32-34-35-37-39-41-43-45-49(55)51(57)48(47-54)53-52(58)50(56)46-44-42-40-38-36-33-18-16-14-12-10-8-6-4-2/h12,14,16,18,37,39,48-51,54-57H,3-11,13,15,17,19-36,38,40-47H2,1-2H3,(H,53,58)/b14-12-,18-16-,39-37+. The summed E-state index contributed by atoms with van der Waals surface area (Å²) in [6.07, 6.45) is 56.4. The van der Waals surface area contributed by atoms with Crippen LogP contribution in [0.5, 0.6) is 0 Å². The molecule has 1 amide bonds. The van der Waals surface area contributed by atoms with Crippen LogP contribution in [0.3, 0.4) is 0 Å². The van der Waals surface area contributed by atoms with E-state index in [2.05, 4.69) is 55.6 Å². The number of allylic oxidation sites excluding steroid dienone is 6. The molecule has 6 nitrogen and oxygen atoms in total. The molecule has 0 aliphatic rings. The van der Waals surface area contributed by atoms with Crippen LogP contribution in [0.1, 0.15) is 258 Å². The lowest BCUT2D eigenvalue weighted by Crippen LogP contribution is -2.53. The summed E-state index contributed by atoms with van der Waals surface area (Å²) in [4.78, 5) is 12.5. The number of aliphatic hydroxyl groups is 4. The van der Waals surface area contributed by atoms with Crippen molar-refractivity contribution >= 4 is 5.91 Å². The summed E-state index contributed by atoms with van der Waals surface area (Å²) in [6, 6.07) is -1.01. The second kappa shape index (κ2) is 46.6. The third-order valence-corrected chi connectivity index (χ3v) is 11.9. The molecule has 0 fully saturated rings. The van der Waals surface area contributed by atoms with Gasteiger partial charge >= 0.3 is 0 Å². The summed E-state index contributed by atoms with van der Waals surface area (Å²) >= 11 is 0. The smallest absolute Gasteiger partial charge is 0.249 e. The maximum Gasteiger partial charge on any atom is 0.249 e. The topological polar surface area (TPSA) is 110 Å². The fraction of sp³-hybridized carbons (Fsp3) is 0.865. The quantitative estimate of drug-likeness (QED) is 0.0239. The molecule has 4 atom stereocenters. The van der Waals surface area contributed by atoms with Gasteiger partial charge in [-0.1, -0.05) is 230 Å². The zero-order valence-corrected chi connectivity index (χ0v) is 38.5. The predicted molar refractivity (Wildman–Crippen MR) is 251 cm³/mol. The molecule has 0 saturated heterocycles. The van der Waals surface area contributed by atoms with E-state index in [1.165, 1.54) is 167 Å². The van der Waals surface area contributed by atoms with Gasteiger partial charge in [0.05, 0.1) is 18.8 Å². The van der Waals surface area contributed by atoms with Crippen LogP contribution in [0.2, 0.25) is 0 Å². The normalized spacial score (nSPS) is 14.2. The van der Waals surface area contributed by atoms with Gasteiger partial charge in [-0.2, -0.15) is 0 Å². The third-order valence-electron chi connectivity index (χ3n) is 11.9. The highest BCUT2D eigenvalue weighted by molar-refractivity contribution is 5.80. The lowest BCUT2D eigenvalue weighted by atomic mass is 10.00. The molecule has 0 aromatic carbocycles. The lowest BCUT2D eigenvalue weighted by Gasteiger charge is -2.27. The number of hydrogen-bond donors (Lipinski definition) is 5. The number of hydrogen-bond acceptors (Lipinski definition) is 5. The van der Waals surface area contributed by atoms with Gasteiger partial charge in [0.15, 0.2) is 0 Å². The highest BCUT2D eigenvalue weighted by Gasteiger charge is 2.28. The Balaban J connectivity index is 3.66. The van der Waals surface area contributed by atoms with Gasteiger partial charge in [0.1, 0.15) is 12.2 Å². The summed E-state index contributed by atoms with van der Waals surface area (Å²) in [6.45, 7) is 4.01. The SMILES string of the molecule is CCCCC/C=C\C=C/CCCCCCCC(O)C(=O)NC(CO)C(O)C(O)CCC/C=C/CCCCCCCCCCCCCCCCCCCCCCCCC. The molecule has 0 heterocycles. The lowest BCUT2D eigenvalue weighted by molar-refractivity contribution is -0.132. The zero-order valence-electron chi connectivity index (χ0n) is 38.5. The fourth-order valence-corrected chi connectivity index (χ4v) is 7.81. The molecule has 0 bridgehead atoms. The molecule has 4 unspecified atom stereocenters. The maximum atomic E-state index is 12.5. The highest BCUT2D eigenvalue weighted by Crippen LogP contribution is 2.17. The second-order valence-corrected chi connectivity index (χ2v) is 17.5. The van der Waals surface area contributed by atoms with Crippen molar-refractivity contribution in [2.24, 2.45) is 0 Å². The fourth-order valence-electron chi connectivity index (χ4n) is 7.81. The number of rotatable bonds is 46. The number of unbranched alkanes of at least 4 members (excludes halogenated alkanes) is 32. The van der Waals surface area contributed by atoms with Gasteiger partial charge < -0.3 is 25.7 Å². The van der Waals surface area contributed by atoms with Crippen LogP contribution < -0.4 is 5.32 Å². The molecule has 6 heteroatoms. The molecule has 0 aliphatic carbocycles. The van der Waals surface area contributed by atoms with E-state index in [0.717, 1.165) is 64.2 Å². The van der Waals surface area contributed by atoms with Crippen molar-refractivity contribution in [2.75, 3.05) is 6.61 Å². The monoisotopic (exact) mass is 818 g/mol. The van der Waals surface area contributed by atoms with Gasteiger partial charge in [-0.15, -0.1) is 0 Å². The van der Waals surface area contributed by atoms with Crippen molar-refractivity contribution in [1.29, 1.82) is 0 Å². The summed E-state index contributed by atoms with van der Waals surface area (Å²) in [7, 11) is 0. The number of carbonyl (C=O) groups excluding carboxylic acids is 1. The van der Waals surface area contributed by atoms with E-state index in [4.69, 9.17) is 0 Å². The van der Waals surface area contributed by atoms with Crippen molar-refractivity contribution in [3.8, 4) is 0 Å². The molecular weight excluding hydrogens is 719 g/mol. The molecule has 0 rings (SSSR count). The van der Waals surface area contributed by atoms with E-state index in [0.29, 0.717) is 12.8 Å². The van der Waals surface area contributed by atoms with E-state index in [-0.39, 0.29) is 0 Å². The van der Waals surface area contributed by atoms with E-state index in [1.54, 1.807) is 0 Å². The molecule has 0 aromatic heterocycles. The number of nitrogens with one attached hydrogen (secondary N) is 1. The van der Waals surface area contributed by atoms with Crippen LogP contribution in [0, 0.1) is 0 Å². The van der Waals surface area contributed by atoms with Crippen molar-refractivity contribution in [3.05, 3.63) is 36.5 Å². The Labute approximate surface area is 360 Å². The van der Waals surface area contributed by atoms with Crippen molar-refractivity contribution in [3.63, 3.8) is 0 Å². The molecule has 0 aromatic rings. The molecule has 0 radical (unpaired) electrons. The van der Waals surface area contributed by atoms with Crippen LogP contribution in [-0.2, 0) is 4.79 Å². The Morgan fingerprint density at radius 2 is 0.759 bits per heavy atom. The van der Waals surface area contributed by atoms with Crippen LogP contribution in [0.25, 0.3) is 0 Å². The first kappa shape index (κ1) is 56.5. The molecule has 0 spiro atoms. The average molecular weight is 818 g/mol. The molecule has 0 aliphatic heterocycles. The summed E-state index contributed by atoms with van der Waals surface area (Å²) < 4.78 is 0. The third kappa shape index (κ3) is 40.0. The first-order valence-corrected chi connectivity index (χ1v) is 25.4. The largest absolute Gasteiger partial charge is 0.394 e. The molecular formula is C52H99NO5. The minimum Gasteiger partial charge on any atom is -0.394 e. The van der Waals surface area contributed by atoms with Gasteiger partial charge in [0, 0.05) is 0 Å².